The van der Waals surface area contributed by atoms with Gasteiger partial charge in [0.1, 0.15) is 12.2 Å². The normalized spacial score (nSPS) is 21.5. The van der Waals surface area contributed by atoms with Crippen LogP contribution in [-0.2, 0) is 13.0 Å². The van der Waals surface area contributed by atoms with Gasteiger partial charge in [-0.15, -0.1) is 0 Å². The summed E-state index contributed by atoms with van der Waals surface area (Å²) in [5.41, 5.74) is 0.490. The fourth-order valence-corrected chi connectivity index (χ4v) is 2.50. The van der Waals surface area contributed by atoms with E-state index in [0.717, 1.165) is 19.0 Å². The van der Waals surface area contributed by atoms with Crippen molar-refractivity contribution in [1.82, 2.24) is 20.1 Å². The minimum Gasteiger partial charge on any atom is -0.313 e. The molecule has 1 aromatic rings. The second-order valence-electron chi connectivity index (χ2n) is 6.58. The molecule has 0 aliphatic heterocycles. The zero-order valence-electron chi connectivity index (χ0n) is 11.5. The van der Waals surface area contributed by atoms with Crippen molar-refractivity contribution in [3.8, 4) is 0 Å². The third-order valence-electron chi connectivity index (χ3n) is 4.07. The van der Waals surface area contributed by atoms with Gasteiger partial charge < -0.3 is 5.32 Å². The van der Waals surface area contributed by atoms with Gasteiger partial charge in [0.05, 0.1) is 0 Å². The van der Waals surface area contributed by atoms with E-state index < -0.39 is 0 Å². The molecule has 1 aromatic heterocycles. The van der Waals surface area contributed by atoms with Crippen LogP contribution in [0.15, 0.2) is 6.33 Å². The van der Waals surface area contributed by atoms with Crippen LogP contribution >= 0.6 is 0 Å². The van der Waals surface area contributed by atoms with E-state index in [9.17, 15) is 0 Å². The van der Waals surface area contributed by atoms with Crippen molar-refractivity contribution >= 4 is 0 Å². The zero-order valence-corrected chi connectivity index (χ0v) is 11.5. The molecule has 0 saturated heterocycles. The van der Waals surface area contributed by atoms with Gasteiger partial charge in [-0.1, -0.05) is 13.8 Å². The molecule has 4 heteroatoms. The van der Waals surface area contributed by atoms with E-state index in [1.807, 2.05) is 0 Å². The number of nitrogens with zero attached hydrogens (tertiary/aromatic N) is 3. The molecule has 2 aliphatic rings. The molecule has 2 aliphatic carbocycles. The van der Waals surface area contributed by atoms with Gasteiger partial charge in [0, 0.05) is 25.6 Å². The Morgan fingerprint density at radius 1 is 1.44 bits per heavy atom. The second kappa shape index (κ2) is 4.65. The summed E-state index contributed by atoms with van der Waals surface area (Å²) in [6, 6.07) is 0.816. The van der Waals surface area contributed by atoms with Gasteiger partial charge in [0.25, 0.3) is 0 Å². The molecule has 2 fully saturated rings. The van der Waals surface area contributed by atoms with Gasteiger partial charge in [-0.2, -0.15) is 5.10 Å². The number of hydrogen-bond acceptors (Lipinski definition) is 3. The zero-order chi connectivity index (χ0) is 12.6. The first-order chi connectivity index (χ1) is 8.67. The Morgan fingerprint density at radius 3 is 2.83 bits per heavy atom. The van der Waals surface area contributed by atoms with Gasteiger partial charge in [0.2, 0.25) is 0 Å². The molecule has 4 nitrogen and oxygen atoms in total. The van der Waals surface area contributed by atoms with Crippen molar-refractivity contribution in [2.45, 2.75) is 58.5 Å². The maximum Gasteiger partial charge on any atom is 0.138 e. The van der Waals surface area contributed by atoms with Crippen molar-refractivity contribution in [2.75, 3.05) is 6.54 Å². The van der Waals surface area contributed by atoms with Crippen molar-refractivity contribution < 1.29 is 0 Å². The van der Waals surface area contributed by atoms with Crippen LogP contribution in [0.3, 0.4) is 0 Å². The highest BCUT2D eigenvalue weighted by Gasteiger charge is 2.44. The Morgan fingerprint density at radius 2 is 2.22 bits per heavy atom. The Kier molecular flexibility index (Phi) is 3.14. The molecule has 0 unspecified atom stereocenters. The lowest BCUT2D eigenvalue weighted by molar-refractivity contribution is 0.409. The summed E-state index contributed by atoms with van der Waals surface area (Å²) in [5, 5.41) is 8.04. The van der Waals surface area contributed by atoms with E-state index in [0.29, 0.717) is 11.3 Å². The number of hydrogen-bond donors (Lipinski definition) is 1. The molecular formula is C14H24N4. The summed E-state index contributed by atoms with van der Waals surface area (Å²) in [6.45, 7) is 6.62. The van der Waals surface area contributed by atoms with Crippen LogP contribution in [0.25, 0.3) is 0 Å². The molecule has 1 N–H and O–H groups in total. The maximum absolute atomic E-state index is 4.46. The predicted octanol–water partition coefficient (Wildman–Crippen LogP) is 2.01. The van der Waals surface area contributed by atoms with E-state index in [4.69, 9.17) is 0 Å². The molecule has 0 atom stereocenters. The Labute approximate surface area is 109 Å². The van der Waals surface area contributed by atoms with Crippen LogP contribution in [0.1, 0.15) is 45.4 Å². The molecule has 2 saturated carbocycles. The summed E-state index contributed by atoms with van der Waals surface area (Å²) < 4.78 is 2.10. The first kappa shape index (κ1) is 12.2. The number of nitrogens with one attached hydrogen (secondary N) is 1. The average molecular weight is 248 g/mol. The van der Waals surface area contributed by atoms with E-state index in [2.05, 4.69) is 33.9 Å². The van der Waals surface area contributed by atoms with Crippen molar-refractivity contribution in [3.63, 3.8) is 0 Å². The summed E-state index contributed by atoms with van der Waals surface area (Å²) in [6.07, 6.45) is 8.25. The largest absolute Gasteiger partial charge is 0.313 e. The smallest absolute Gasteiger partial charge is 0.138 e. The van der Waals surface area contributed by atoms with Crippen molar-refractivity contribution in [1.29, 1.82) is 0 Å². The molecule has 0 aromatic carbocycles. The monoisotopic (exact) mass is 248 g/mol. The van der Waals surface area contributed by atoms with Gasteiger partial charge in [0.15, 0.2) is 0 Å². The molecule has 0 spiro atoms. The standard InChI is InChI=1S/C14H24N4/c1-11(2)8-18-13(16-10-17-18)7-14(5-6-14)9-15-12-3-4-12/h10-12,15H,3-9H2,1-2H3. The molecule has 3 rings (SSSR count). The highest BCUT2D eigenvalue weighted by molar-refractivity contribution is 5.04. The predicted molar refractivity (Wildman–Crippen MR) is 71.3 cm³/mol. The molecule has 0 bridgehead atoms. The van der Waals surface area contributed by atoms with Gasteiger partial charge in [-0.3, -0.25) is 0 Å². The highest BCUT2D eigenvalue weighted by atomic mass is 15.3. The summed E-state index contributed by atoms with van der Waals surface area (Å²) in [4.78, 5) is 4.46. The minimum atomic E-state index is 0.490. The fraction of sp³-hybridized carbons (Fsp3) is 0.857. The van der Waals surface area contributed by atoms with Gasteiger partial charge >= 0.3 is 0 Å². The van der Waals surface area contributed by atoms with E-state index >= 15 is 0 Å². The Hall–Kier alpha value is -0.900. The van der Waals surface area contributed by atoms with E-state index in [-0.39, 0.29) is 0 Å². The third-order valence-corrected chi connectivity index (χ3v) is 4.07. The first-order valence-electron chi connectivity index (χ1n) is 7.27. The lowest BCUT2D eigenvalue weighted by Gasteiger charge is -2.16. The molecule has 18 heavy (non-hydrogen) atoms. The van der Waals surface area contributed by atoms with Crippen LogP contribution in [-0.4, -0.2) is 27.4 Å². The van der Waals surface area contributed by atoms with Crippen LogP contribution in [0.2, 0.25) is 0 Å². The Balaban J connectivity index is 1.59. The summed E-state index contributed by atoms with van der Waals surface area (Å²) in [7, 11) is 0. The van der Waals surface area contributed by atoms with E-state index in [1.165, 1.54) is 38.1 Å². The average Bonchev–Trinajstić information content (AvgIpc) is 3.20. The van der Waals surface area contributed by atoms with Gasteiger partial charge in [-0.25, -0.2) is 9.67 Å². The van der Waals surface area contributed by atoms with Gasteiger partial charge in [-0.05, 0) is 37.0 Å². The lowest BCUT2D eigenvalue weighted by atomic mass is 10.0. The summed E-state index contributed by atoms with van der Waals surface area (Å²) in [5.74, 6) is 1.81. The van der Waals surface area contributed by atoms with Crippen LogP contribution in [0.5, 0.6) is 0 Å². The number of rotatable bonds is 7. The molecule has 0 amide bonds. The molecule has 0 radical (unpaired) electrons. The SMILES string of the molecule is CC(C)Cn1ncnc1CC1(CNC2CC2)CC1. The lowest BCUT2D eigenvalue weighted by Crippen LogP contribution is -2.28. The second-order valence-corrected chi connectivity index (χ2v) is 6.58. The van der Waals surface area contributed by atoms with E-state index in [1.54, 1.807) is 6.33 Å². The molecular weight excluding hydrogens is 224 g/mol. The summed E-state index contributed by atoms with van der Waals surface area (Å²) >= 11 is 0. The quantitative estimate of drug-likeness (QED) is 0.802. The topological polar surface area (TPSA) is 42.7 Å². The Bertz CT molecular complexity index is 402. The highest BCUT2D eigenvalue weighted by Crippen LogP contribution is 2.48. The molecule has 100 valence electrons. The van der Waals surface area contributed by atoms with Crippen LogP contribution < -0.4 is 5.32 Å². The maximum atomic E-state index is 4.46. The van der Waals surface area contributed by atoms with Crippen LogP contribution in [0.4, 0.5) is 0 Å². The van der Waals surface area contributed by atoms with Crippen molar-refractivity contribution in [3.05, 3.63) is 12.2 Å². The van der Waals surface area contributed by atoms with Crippen molar-refractivity contribution in [2.24, 2.45) is 11.3 Å². The molecule has 1 heterocycles. The third kappa shape index (κ3) is 2.91. The first-order valence-corrected chi connectivity index (χ1v) is 7.27. The minimum absolute atomic E-state index is 0.490. The fourth-order valence-electron chi connectivity index (χ4n) is 2.50. The number of aromatic nitrogens is 3. The van der Waals surface area contributed by atoms with Crippen LogP contribution in [0, 0.1) is 11.3 Å².